The topological polar surface area (TPSA) is 55.2 Å². The van der Waals surface area contributed by atoms with Gasteiger partial charge in [-0.25, -0.2) is 13.4 Å². The lowest BCUT2D eigenvalue weighted by Gasteiger charge is -2.33. The molecule has 0 amide bonds. The van der Waals surface area contributed by atoms with Crippen LogP contribution in [0.2, 0.25) is 0 Å². The zero-order valence-corrected chi connectivity index (χ0v) is 14.5. The molecule has 116 valence electrons. The van der Waals surface area contributed by atoms with E-state index >= 15 is 0 Å². The van der Waals surface area contributed by atoms with Crippen molar-refractivity contribution in [2.75, 3.05) is 12.8 Å². The van der Waals surface area contributed by atoms with Gasteiger partial charge in [-0.3, -0.25) is 0 Å². The van der Waals surface area contributed by atoms with Crippen molar-refractivity contribution in [1.29, 1.82) is 0 Å². The number of hydrogen-bond donors (Lipinski definition) is 0. The van der Waals surface area contributed by atoms with Gasteiger partial charge >= 0.3 is 0 Å². The fraction of sp³-hybridized carbons (Fsp3) is 0.786. The monoisotopic (exact) mass is 301 g/mol. The van der Waals surface area contributed by atoms with E-state index in [1.54, 1.807) is 10.6 Å². The first-order valence-corrected chi connectivity index (χ1v) is 8.68. The highest BCUT2D eigenvalue weighted by Gasteiger charge is 2.29. The molecular weight excluding hydrogens is 274 g/mol. The molecule has 0 aromatic carbocycles. The second kappa shape index (κ2) is 5.48. The predicted molar refractivity (Wildman–Crippen MR) is 82.2 cm³/mol. The molecule has 1 aromatic heterocycles. The zero-order chi connectivity index (χ0) is 15.8. The van der Waals surface area contributed by atoms with E-state index in [0.29, 0.717) is 13.0 Å². The van der Waals surface area contributed by atoms with Gasteiger partial charge in [0, 0.05) is 35.9 Å². The Hall–Kier alpha value is -0.880. The van der Waals surface area contributed by atoms with Gasteiger partial charge in [-0.05, 0) is 41.5 Å². The smallest absolute Gasteiger partial charge is 0.211 e. The van der Waals surface area contributed by atoms with Crippen molar-refractivity contribution >= 4 is 10.0 Å². The minimum Gasteiger partial charge on any atom is -0.329 e. The maximum Gasteiger partial charge on any atom is 0.211 e. The Morgan fingerprint density at radius 2 is 1.75 bits per heavy atom. The first-order chi connectivity index (χ1) is 8.83. The molecule has 0 aliphatic carbocycles. The second-order valence-corrected chi connectivity index (χ2v) is 9.09. The summed E-state index contributed by atoms with van der Waals surface area (Å²) < 4.78 is 27.5. The van der Waals surface area contributed by atoms with E-state index in [0.717, 1.165) is 5.69 Å². The molecule has 0 atom stereocenters. The maximum absolute atomic E-state index is 11.9. The van der Waals surface area contributed by atoms with Crippen LogP contribution in [-0.2, 0) is 22.0 Å². The van der Waals surface area contributed by atoms with Gasteiger partial charge in [0.1, 0.15) is 0 Å². The van der Waals surface area contributed by atoms with Gasteiger partial charge in [0.15, 0.2) is 0 Å². The van der Waals surface area contributed by atoms with E-state index < -0.39 is 15.6 Å². The number of imidazole rings is 1. The summed E-state index contributed by atoms with van der Waals surface area (Å²) in [5.41, 5.74) is 0.583. The Morgan fingerprint density at radius 3 is 2.15 bits per heavy atom. The van der Waals surface area contributed by atoms with Crippen LogP contribution < -0.4 is 0 Å². The summed E-state index contributed by atoms with van der Waals surface area (Å²) in [6.07, 6.45) is 5.53. The van der Waals surface area contributed by atoms with Crippen molar-refractivity contribution in [3.63, 3.8) is 0 Å². The van der Waals surface area contributed by atoms with Crippen molar-refractivity contribution in [2.24, 2.45) is 0 Å². The van der Waals surface area contributed by atoms with Crippen molar-refractivity contribution in [3.8, 4) is 0 Å². The van der Waals surface area contributed by atoms with Crippen molar-refractivity contribution in [2.45, 2.75) is 59.0 Å². The molecule has 0 radical (unpaired) electrons. The molecule has 0 saturated carbocycles. The highest BCUT2D eigenvalue weighted by molar-refractivity contribution is 7.88. The van der Waals surface area contributed by atoms with Crippen LogP contribution in [0.25, 0.3) is 0 Å². The van der Waals surface area contributed by atoms with Gasteiger partial charge in [-0.15, -0.1) is 0 Å². The second-order valence-electron chi connectivity index (χ2n) is 7.18. The van der Waals surface area contributed by atoms with E-state index in [9.17, 15) is 8.42 Å². The van der Waals surface area contributed by atoms with E-state index in [-0.39, 0.29) is 5.54 Å². The van der Waals surface area contributed by atoms with Gasteiger partial charge in [-0.2, -0.15) is 4.31 Å². The molecule has 1 heterocycles. The van der Waals surface area contributed by atoms with Crippen molar-refractivity contribution < 1.29 is 8.42 Å². The van der Waals surface area contributed by atoms with E-state index in [1.165, 1.54) is 6.26 Å². The van der Waals surface area contributed by atoms with Crippen LogP contribution in [0, 0.1) is 0 Å². The summed E-state index contributed by atoms with van der Waals surface area (Å²) in [4.78, 5) is 4.19. The Bertz CT molecular complexity index is 548. The zero-order valence-electron chi connectivity index (χ0n) is 13.6. The van der Waals surface area contributed by atoms with Crippen molar-refractivity contribution in [1.82, 2.24) is 13.9 Å². The summed E-state index contributed by atoms with van der Waals surface area (Å²) in [6.45, 7) is 12.5. The third-order valence-electron chi connectivity index (χ3n) is 3.16. The first kappa shape index (κ1) is 17.2. The molecule has 0 aliphatic heterocycles. The summed E-state index contributed by atoms with van der Waals surface area (Å²) >= 11 is 0. The van der Waals surface area contributed by atoms with E-state index in [1.807, 2.05) is 27.0 Å². The summed E-state index contributed by atoms with van der Waals surface area (Å²) in [5.74, 6) is 0. The van der Waals surface area contributed by atoms with Gasteiger partial charge in [-0.1, -0.05) is 0 Å². The predicted octanol–water partition coefficient (Wildman–Crippen LogP) is 2.24. The minimum atomic E-state index is -3.22. The Kier molecular flexibility index (Phi) is 4.71. The number of rotatable bonds is 4. The average molecular weight is 301 g/mol. The number of nitrogens with zero attached hydrogens (tertiary/aromatic N) is 3. The molecule has 0 saturated heterocycles. The molecular formula is C14H27N3O2S. The summed E-state index contributed by atoms with van der Waals surface area (Å²) in [7, 11) is -3.22. The minimum absolute atomic E-state index is 0.0521. The highest BCUT2D eigenvalue weighted by atomic mass is 32.2. The maximum atomic E-state index is 11.9. The molecule has 0 fully saturated rings. The third-order valence-corrected chi connectivity index (χ3v) is 4.69. The molecule has 0 bridgehead atoms. The highest BCUT2D eigenvalue weighted by Crippen LogP contribution is 2.20. The Labute approximate surface area is 123 Å². The average Bonchev–Trinajstić information content (AvgIpc) is 2.60. The Morgan fingerprint density at radius 1 is 1.20 bits per heavy atom. The van der Waals surface area contributed by atoms with Crippen LogP contribution in [0.3, 0.4) is 0 Å². The molecule has 0 unspecified atom stereocenters. The Balaban J connectivity index is 2.93. The quantitative estimate of drug-likeness (QED) is 0.857. The van der Waals surface area contributed by atoms with E-state index in [2.05, 4.69) is 30.3 Å². The lowest BCUT2D eigenvalue weighted by molar-refractivity contribution is 0.250. The lowest BCUT2D eigenvalue weighted by Crippen LogP contribution is -2.46. The first-order valence-electron chi connectivity index (χ1n) is 6.83. The summed E-state index contributed by atoms with van der Waals surface area (Å²) in [5, 5.41) is 0. The van der Waals surface area contributed by atoms with E-state index in [4.69, 9.17) is 0 Å². The fourth-order valence-electron chi connectivity index (χ4n) is 2.33. The molecule has 5 nitrogen and oxygen atoms in total. The molecule has 0 N–H and O–H groups in total. The third kappa shape index (κ3) is 4.31. The van der Waals surface area contributed by atoms with Crippen LogP contribution in [0.4, 0.5) is 0 Å². The SMILES string of the molecule is CC(C)(C)N(CCc1cncn1C(C)(C)C)S(C)(=O)=O. The van der Waals surface area contributed by atoms with Gasteiger partial charge in [0.2, 0.25) is 10.0 Å². The van der Waals surface area contributed by atoms with Crippen LogP contribution >= 0.6 is 0 Å². The van der Waals surface area contributed by atoms with Crippen LogP contribution in [0.5, 0.6) is 0 Å². The van der Waals surface area contributed by atoms with Gasteiger partial charge in [0.05, 0.1) is 12.6 Å². The van der Waals surface area contributed by atoms with Crippen LogP contribution in [0.15, 0.2) is 12.5 Å². The molecule has 0 aliphatic rings. The molecule has 0 spiro atoms. The lowest BCUT2D eigenvalue weighted by atomic mass is 10.1. The molecule has 6 heteroatoms. The largest absolute Gasteiger partial charge is 0.329 e. The number of aromatic nitrogens is 2. The van der Waals surface area contributed by atoms with Crippen LogP contribution in [0.1, 0.15) is 47.2 Å². The van der Waals surface area contributed by atoms with Gasteiger partial charge < -0.3 is 4.57 Å². The normalized spacial score (nSPS) is 14.0. The standard InChI is InChI=1S/C14H27N3O2S/c1-13(2,3)16-11-15-10-12(16)8-9-17(14(4,5)6)20(7,18)19/h10-11H,8-9H2,1-7H3. The van der Waals surface area contributed by atoms with Crippen LogP contribution in [-0.4, -0.2) is 40.6 Å². The molecule has 1 rings (SSSR count). The number of sulfonamides is 1. The number of hydrogen-bond acceptors (Lipinski definition) is 3. The van der Waals surface area contributed by atoms with Crippen molar-refractivity contribution in [3.05, 3.63) is 18.2 Å². The fourth-order valence-corrected chi connectivity index (χ4v) is 3.74. The van der Waals surface area contributed by atoms with Gasteiger partial charge in [0.25, 0.3) is 0 Å². The molecule has 20 heavy (non-hydrogen) atoms. The molecule has 1 aromatic rings. The summed E-state index contributed by atoms with van der Waals surface area (Å²) in [6, 6.07) is 0.